The van der Waals surface area contributed by atoms with E-state index in [0.29, 0.717) is 22.9 Å². The quantitative estimate of drug-likeness (QED) is 0.862. The number of halogens is 2. The van der Waals surface area contributed by atoms with Crippen molar-refractivity contribution in [3.05, 3.63) is 34.6 Å². The topological polar surface area (TPSA) is 20.2 Å². The maximum absolute atomic E-state index is 13.5. The highest BCUT2D eigenvalue weighted by molar-refractivity contribution is 6.30. The molecule has 2 rings (SSSR count). The summed E-state index contributed by atoms with van der Waals surface area (Å²) in [6.45, 7) is 0. The van der Waals surface area contributed by atoms with Crippen LogP contribution in [-0.2, 0) is 6.42 Å². The van der Waals surface area contributed by atoms with Gasteiger partial charge in [0, 0.05) is 11.4 Å². The molecule has 0 saturated heterocycles. The third kappa shape index (κ3) is 3.96. The van der Waals surface area contributed by atoms with Crippen molar-refractivity contribution in [1.82, 2.24) is 0 Å². The Labute approximate surface area is 113 Å². The highest BCUT2D eigenvalue weighted by Gasteiger charge is 2.18. The molecule has 1 aromatic carbocycles. The monoisotopic (exact) mass is 270 g/mol. The lowest BCUT2D eigenvalue weighted by molar-refractivity contribution is 0.129. The van der Waals surface area contributed by atoms with Crippen molar-refractivity contribution in [3.8, 4) is 0 Å². The molecule has 18 heavy (non-hydrogen) atoms. The number of hydrogen-bond donors (Lipinski definition) is 1. The van der Waals surface area contributed by atoms with Crippen LogP contribution in [0.25, 0.3) is 0 Å². The summed E-state index contributed by atoms with van der Waals surface area (Å²) in [7, 11) is 0. The van der Waals surface area contributed by atoms with E-state index in [1.807, 2.05) is 0 Å². The SMILES string of the molecule is OC(Cc1cc(Cl)ccc1F)CC1CCCCC1. The largest absolute Gasteiger partial charge is 0.393 e. The van der Waals surface area contributed by atoms with Crippen LogP contribution in [0, 0.1) is 11.7 Å². The molecule has 1 N–H and O–H groups in total. The van der Waals surface area contributed by atoms with Crippen LogP contribution in [-0.4, -0.2) is 11.2 Å². The molecule has 0 amide bonds. The van der Waals surface area contributed by atoms with Crippen molar-refractivity contribution in [1.29, 1.82) is 0 Å². The number of hydrogen-bond acceptors (Lipinski definition) is 1. The Morgan fingerprint density at radius 1 is 1.28 bits per heavy atom. The Morgan fingerprint density at radius 3 is 2.72 bits per heavy atom. The standard InChI is InChI=1S/C15H20ClFO/c16-13-6-7-15(17)12(9-13)10-14(18)8-11-4-2-1-3-5-11/h6-7,9,11,14,18H,1-5,8,10H2. The lowest BCUT2D eigenvalue weighted by Crippen LogP contribution is -2.18. The van der Waals surface area contributed by atoms with Crippen LogP contribution in [0.1, 0.15) is 44.1 Å². The summed E-state index contributed by atoms with van der Waals surface area (Å²) in [5, 5.41) is 10.6. The molecular formula is C15H20ClFO. The normalized spacial score (nSPS) is 18.8. The second-order valence-electron chi connectivity index (χ2n) is 5.33. The van der Waals surface area contributed by atoms with E-state index in [2.05, 4.69) is 0 Å². The Morgan fingerprint density at radius 2 is 2.00 bits per heavy atom. The van der Waals surface area contributed by atoms with Gasteiger partial charge in [-0.05, 0) is 36.1 Å². The molecule has 0 aliphatic heterocycles. The van der Waals surface area contributed by atoms with E-state index < -0.39 is 6.10 Å². The van der Waals surface area contributed by atoms with Crippen LogP contribution < -0.4 is 0 Å². The van der Waals surface area contributed by atoms with Gasteiger partial charge in [0.2, 0.25) is 0 Å². The van der Waals surface area contributed by atoms with E-state index in [1.165, 1.54) is 44.2 Å². The zero-order valence-corrected chi connectivity index (χ0v) is 11.3. The van der Waals surface area contributed by atoms with Gasteiger partial charge >= 0.3 is 0 Å². The fourth-order valence-electron chi connectivity index (χ4n) is 2.84. The molecule has 1 nitrogen and oxygen atoms in total. The van der Waals surface area contributed by atoms with Gasteiger partial charge in [0.1, 0.15) is 5.82 Å². The molecule has 1 unspecified atom stereocenters. The third-order valence-corrected chi connectivity index (χ3v) is 4.03. The minimum absolute atomic E-state index is 0.276. The zero-order valence-electron chi connectivity index (χ0n) is 10.5. The first-order valence-corrected chi connectivity index (χ1v) is 7.15. The molecule has 1 aliphatic rings. The number of aliphatic hydroxyl groups excluding tert-OH is 1. The van der Waals surface area contributed by atoms with Crippen LogP contribution >= 0.6 is 11.6 Å². The second-order valence-corrected chi connectivity index (χ2v) is 5.77. The molecule has 1 aromatic rings. The fraction of sp³-hybridized carbons (Fsp3) is 0.600. The minimum atomic E-state index is -0.457. The molecule has 0 spiro atoms. The van der Waals surface area contributed by atoms with E-state index in [1.54, 1.807) is 6.07 Å². The molecule has 3 heteroatoms. The molecule has 1 aliphatic carbocycles. The maximum Gasteiger partial charge on any atom is 0.126 e. The van der Waals surface area contributed by atoms with Gasteiger partial charge in [-0.3, -0.25) is 0 Å². The third-order valence-electron chi connectivity index (χ3n) is 3.79. The van der Waals surface area contributed by atoms with E-state index in [9.17, 15) is 9.50 Å². The van der Waals surface area contributed by atoms with Gasteiger partial charge in [-0.2, -0.15) is 0 Å². The predicted octanol–water partition coefficient (Wildman–Crippen LogP) is 4.35. The van der Waals surface area contributed by atoms with E-state index in [-0.39, 0.29) is 5.82 Å². The summed E-state index contributed by atoms with van der Waals surface area (Å²) in [4.78, 5) is 0. The number of aliphatic hydroxyl groups is 1. The molecule has 0 heterocycles. The Kier molecular flexibility index (Phi) is 5.02. The molecule has 0 radical (unpaired) electrons. The van der Waals surface area contributed by atoms with Gasteiger partial charge in [0.15, 0.2) is 0 Å². The average molecular weight is 271 g/mol. The molecule has 0 bridgehead atoms. The van der Waals surface area contributed by atoms with E-state index in [0.717, 1.165) is 6.42 Å². The summed E-state index contributed by atoms with van der Waals surface area (Å²) in [6, 6.07) is 4.51. The van der Waals surface area contributed by atoms with Crippen molar-refractivity contribution >= 4 is 11.6 Å². The smallest absolute Gasteiger partial charge is 0.126 e. The van der Waals surface area contributed by atoms with Crippen molar-refractivity contribution in [2.24, 2.45) is 5.92 Å². The molecule has 1 saturated carbocycles. The Bertz CT molecular complexity index is 388. The summed E-state index contributed by atoms with van der Waals surface area (Å²) in [5.41, 5.74) is 0.519. The van der Waals surface area contributed by atoms with E-state index >= 15 is 0 Å². The summed E-state index contributed by atoms with van der Waals surface area (Å²) in [6.07, 6.45) is 6.95. The van der Waals surface area contributed by atoms with Gasteiger partial charge in [-0.15, -0.1) is 0 Å². The molecule has 0 aromatic heterocycles. The summed E-state index contributed by atoms with van der Waals surface area (Å²) in [5.74, 6) is 0.332. The van der Waals surface area contributed by atoms with Crippen molar-refractivity contribution in [3.63, 3.8) is 0 Å². The maximum atomic E-state index is 13.5. The molecule has 100 valence electrons. The summed E-state index contributed by atoms with van der Waals surface area (Å²) >= 11 is 5.84. The van der Waals surface area contributed by atoms with Crippen molar-refractivity contribution < 1.29 is 9.50 Å². The van der Waals surface area contributed by atoms with Crippen LogP contribution in [0.15, 0.2) is 18.2 Å². The van der Waals surface area contributed by atoms with Crippen LogP contribution in [0.5, 0.6) is 0 Å². The minimum Gasteiger partial charge on any atom is -0.393 e. The highest BCUT2D eigenvalue weighted by atomic mass is 35.5. The highest BCUT2D eigenvalue weighted by Crippen LogP contribution is 2.28. The number of rotatable bonds is 4. The van der Waals surface area contributed by atoms with Crippen molar-refractivity contribution in [2.75, 3.05) is 0 Å². The summed E-state index contributed by atoms with van der Waals surface area (Å²) < 4.78 is 13.5. The van der Waals surface area contributed by atoms with Gasteiger partial charge < -0.3 is 5.11 Å². The van der Waals surface area contributed by atoms with Gasteiger partial charge in [-0.1, -0.05) is 43.7 Å². The lowest BCUT2D eigenvalue weighted by atomic mass is 9.84. The lowest BCUT2D eigenvalue weighted by Gasteiger charge is -2.24. The van der Waals surface area contributed by atoms with Gasteiger partial charge in [-0.25, -0.2) is 4.39 Å². The first kappa shape index (κ1) is 13.8. The first-order valence-electron chi connectivity index (χ1n) is 6.77. The van der Waals surface area contributed by atoms with Crippen molar-refractivity contribution in [2.45, 2.75) is 51.0 Å². The fourth-order valence-corrected chi connectivity index (χ4v) is 3.04. The molecule has 1 fully saturated rings. The number of benzene rings is 1. The Hall–Kier alpha value is -0.600. The van der Waals surface area contributed by atoms with Gasteiger partial charge in [0.25, 0.3) is 0 Å². The molecular weight excluding hydrogens is 251 g/mol. The van der Waals surface area contributed by atoms with Crippen LogP contribution in [0.3, 0.4) is 0 Å². The van der Waals surface area contributed by atoms with Gasteiger partial charge in [0.05, 0.1) is 6.10 Å². The average Bonchev–Trinajstić information content (AvgIpc) is 2.35. The van der Waals surface area contributed by atoms with E-state index in [4.69, 9.17) is 11.6 Å². The Balaban J connectivity index is 1.89. The first-order chi connectivity index (χ1) is 8.65. The zero-order chi connectivity index (χ0) is 13.0. The second kappa shape index (κ2) is 6.53. The molecule has 1 atom stereocenters. The van der Waals surface area contributed by atoms with Crippen LogP contribution in [0.4, 0.5) is 4.39 Å². The van der Waals surface area contributed by atoms with Crippen LogP contribution in [0.2, 0.25) is 5.02 Å². The predicted molar refractivity (Wildman–Crippen MR) is 72.3 cm³/mol.